The van der Waals surface area contributed by atoms with Crippen LogP contribution in [0.3, 0.4) is 0 Å². The second kappa shape index (κ2) is 13.3. The van der Waals surface area contributed by atoms with Crippen molar-refractivity contribution in [2.24, 2.45) is 0 Å². The lowest BCUT2D eigenvalue weighted by Gasteiger charge is -2.35. The van der Waals surface area contributed by atoms with Gasteiger partial charge in [0.05, 0.1) is 11.0 Å². The number of nitrogens with zero attached hydrogens (tertiary/aromatic N) is 1. The Morgan fingerprint density at radius 1 is 0.433 bits per heavy atom. The fraction of sp³-hybridized carbons (Fsp3) is 0.0690. The minimum atomic E-state index is -2.99. The van der Waals surface area contributed by atoms with E-state index in [9.17, 15) is 0 Å². The topological polar surface area (TPSA) is 4.93 Å². The van der Waals surface area contributed by atoms with E-state index in [0.717, 1.165) is 0 Å². The normalized spacial score (nSPS) is 14.8. The van der Waals surface area contributed by atoms with Gasteiger partial charge in [0.1, 0.15) is 0 Å². The van der Waals surface area contributed by atoms with Gasteiger partial charge in [-0.3, -0.25) is 0 Å². The summed E-state index contributed by atoms with van der Waals surface area (Å²) in [6, 6.07) is 82.6. The molecule has 0 saturated carbocycles. The molecular weight excluding hydrogens is 739 g/mol. The molecule has 0 spiro atoms. The second-order valence-corrected chi connectivity index (χ2v) is 20.9. The molecule has 1 unspecified atom stereocenters. The van der Waals surface area contributed by atoms with Crippen molar-refractivity contribution in [1.82, 2.24) is 4.57 Å². The number of para-hydroxylation sites is 3. The van der Waals surface area contributed by atoms with E-state index in [2.05, 4.69) is 237 Å². The van der Waals surface area contributed by atoms with Gasteiger partial charge in [-0.1, -0.05) is 214 Å². The Hall–Kier alpha value is -7.00. The van der Waals surface area contributed by atoms with Crippen molar-refractivity contribution in [2.75, 3.05) is 0 Å². The van der Waals surface area contributed by atoms with Crippen LogP contribution in [0.25, 0.3) is 49.7 Å². The van der Waals surface area contributed by atoms with Gasteiger partial charge in [-0.05, 0) is 89.0 Å². The van der Waals surface area contributed by atoms with Gasteiger partial charge >= 0.3 is 0 Å². The summed E-state index contributed by atoms with van der Waals surface area (Å²) in [5.74, 6) is 0.142. The molecule has 2 aliphatic rings. The summed E-state index contributed by atoms with van der Waals surface area (Å²) in [4.78, 5) is 0. The van der Waals surface area contributed by atoms with Crippen molar-refractivity contribution < 1.29 is 0 Å². The van der Waals surface area contributed by atoms with E-state index in [4.69, 9.17) is 0 Å². The molecule has 1 atom stereocenters. The van der Waals surface area contributed by atoms with Gasteiger partial charge in [0, 0.05) is 27.8 Å². The number of fused-ring (bicyclic) bond motifs is 10. The van der Waals surface area contributed by atoms with Crippen LogP contribution in [0.1, 0.15) is 47.6 Å². The highest BCUT2D eigenvalue weighted by molar-refractivity contribution is 7.20. The van der Waals surface area contributed by atoms with Gasteiger partial charge in [-0.15, -0.1) is 0 Å². The third kappa shape index (κ3) is 4.80. The van der Waals surface area contributed by atoms with Gasteiger partial charge in [0.15, 0.2) is 8.07 Å². The Kier molecular flexibility index (Phi) is 7.73. The molecule has 0 radical (unpaired) electrons. The van der Waals surface area contributed by atoms with Gasteiger partial charge < -0.3 is 4.57 Å². The van der Waals surface area contributed by atoms with Gasteiger partial charge in [-0.25, -0.2) is 0 Å². The quantitative estimate of drug-likeness (QED) is 0.117. The van der Waals surface area contributed by atoms with Gasteiger partial charge in [0.2, 0.25) is 0 Å². The Morgan fingerprint density at radius 3 is 1.75 bits per heavy atom. The average Bonchev–Trinajstić information content (AvgIpc) is 3.91. The fourth-order valence-corrected chi connectivity index (χ4v) is 16.3. The van der Waals surface area contributed by atoms with E-state index in [1.165, 1.54) is 98.3 Å². The molecule has 1 heterocycles. The first-order valence-corrected chi connectivity index (χ1v) is 23.2. The maximum absolute atomic E-state index is 2.99. The van der Waals surface area contributed by atoms with Crippen LogP contribution in [0, 0.1) is 0 Å². The van der Waals surface area contributed by atoms with Gasteiger partial charge in [-0.2, -0.15) is 0 Å². The van der Waals surface area contributed by atoms with Crippen LogP contribution in [-0.2, 0) is 5.41 Å². The molecule has 0 fully saturated rings. The van der Waals surface area contributed by atoms with Crippen molar-refractivity contribution in [3.63, 3.8) is 0 Å². The molecule has 0 bridgehead atoms. The zero-order valence-corrected chi connectivity index (χ0v) is 34.8. The molecule has 2 heteroatoms. The largest absolute Gasteiger partial charge is 0.309 e. The Balaban J connectivity index is 1.12. The molecule has 10 aromatic rings. The minimum absolute atomic E-state index is 0.0943. The van der Waals surface area contributed by atoms with Crippen LogP contribution in [0.5, 0.6) is 0 Å². The van der Waals surface area contributed by atoms with E-state index in [1.807, 2.05) is 0 Å². The molecule has 284 valence electrons. The SMILES string of the molecule is CC1(C)c2ccccc2-c2ccc3c(c21)-c1ccccc1C3c1ccc([Si](c2ccccc2)(c2ccccc2)c2cccc3c4ccccc4n(-c4ccccc4)c23)cc1. The number of benzene rings is 9. The van der Waals surface area contributed by atoms with E-state index in [-0.39, 0.29) is 11.3 Å². The van der Waals surface area contributed by atoms with Crippen LogP contribution in [0.2, 0.25) is 0 Å². The molecule has 0 amide bonds. The predicted molar refractivity (Wildman–Crippen MR) is 255 cm³/mol. The first-order valence-electron chi connectivity index (χ1n) is 21.2. The first kappa shape index (κ1) is 35.0. The number of rotatable bonds is 6. The highest BCUT2D eigenvalue weighted by Crippen LogP contribution is 2.58. The monoisotopic (exact) mass is 781 g/mol. The summed E-state index contributed by atoms with van der Waals surface area (Å²) in [6.07, 6.45) is 0. The third-order valence-corrected chi connectivity index (χ3v) is 18.6. The lowest BCUT2D eigenvalue weighted by atomic mass is 9.78. The molecule has 2 aliphatic carbocycles. The number of hydrogen-bond acceptors (Lipinski definition) is 0. The van der Waals surface area contributed by atoms with Crippen LogP contribution >= 0.6 is 0 Å². The van der Waals surface area contributed by atoms with Crippen LogP contribution in [-0.4, -0.2) is 12.6 Å². The second-order valence-electron chi connectivity index (χ2n) is 17.1. The molecule has 0 saturated heterocycles. The maximum atomic E-state index is 2.52. The highest BCUT2D eigenvalue weighted by atomic mass is 28.3. The summed E-state index contributed by atoms with van der Waals surface area (Å²) in [5, 5.41) is 8.06. The van der Waals surface area contributed by atoms with E-state index in [0.29, 0.717) is 0 Å². The number of aromatic nitrogens is 1. The Labute approximate surface area is 352 Å². The summed E-state index contributed by atoms with van der Waals surface area (Å²) in [7, 11) is -2.99. The number of hydrogen-bond donors (Lipinski definition) is 0. The van der Waals surface area contributed by atoms with Crippen molar-refractivity contribution in [3.05, 3.63) is 246 Å². The highest BCUT2D eigenvalue weighted by Gasteiger charge is 2.45. The molecule has 12 rings (SSSR count). The molecule has 0 aliphatic heterocycles. The summed E-state index contributed by atoms with van der Waals surface area (Å²) in [6.45, 7) is 4.83. The first-order chi connectivity index (χ1) is 29.6. The summed E-state index contributed by atoms with van der Waals surface area (Å²) < 4.78 is 2.52. The molecular formula is C58H43NSi. The predicted octanol–water partition coefficient (Wildman–Crippen LogP) is 11.6. The third-order valence-electron chi connectivity index (χ3n) is 13.8. The van der Waals surface area contributed by atoms with Gasteiger partial charge in [0.25, 0.3) is 0 Å². The molecule has 0 N–H and O–H groups in total. The smallest absolute Gasteiger partial charge is 0.181 e. The molecule has 1 nitrogen and oxygen atoms in total. The lowest BCUT2D eigenvalue weighted by molar-refractivity contribution is 0.661. The summed E-state index contributed by atoms with van der Waals surface area (Å²) >= 11 is 0. The standard InChI is InChI=1S/C58H43NSi/c1-58(2)51-30-16-14-25-44(51)48-37-38-50-54(46-27-12-13-28-47(46)55(50)56(48)58)39-33-35-43(36-34-39)60(41-21-8-4-9-22-41,42-23-10-5-11-24-42)53-32-18-29-49-45-26-15-17-31-52(45)59(57(49)53)40-19-6-3-7-20-40/h3-38,54H,1-2H3. The molecule has 60 heavy (non-hydrogen) atoms. The lowest BCUT2D eigenvalue weighted by Crippen LogP contribution is -2.75. The molecule has 1 aromatic heterocycles. The van der Waals surface area contributed by atoms with Crippen molar-refractivity contribution in [2.45, 2.75) is 25.2 Å². The zero-order valence-electron chi connectivity index (χ0n) is 33.8. The Bertz CT molecular complexity index is 3230. The van der Waals surface area contributed by atoms with Crippen LogP contribution < -0.4 is 20.7 Å². The Morgan fingerprint density at radius 2 is 1.02 bits per heavy atom. The van der Waals surface area contributed by atoms with Crippen molar-refractivity contribution >= 4 is 50.6 Å². The fourth-order valence-electron chi connectivity index (χ4n) is 11.4. The van der Waals surface area contributed by atoms with E-state index < -0.39 is 8.07 Å². The van der Waals surface area contributed by atoms with Crippen LogP contribution in [0.15, 0.2) is 218 Å². The van der Waals surface area contributed by atoms with Crippen molar-refractivity contribution in [1.29, 1.82) is 0 Å². The minimum Gasteiger partial charge on any atom is -0.309 e. The van der Waals surface area contributed by atoms with Crippen molar-refractivity contribution in [3.8, 4) is 27.9 Å². The molecule has 9 aromatic carbocycles. The van der Waals surface area contributed by atoms with E-state index in [1.54, 1.807) is 0 Å². The average molecular weight is 782 g/mol. The summed E-state index contributed by atoms with van der Waals surface area (Å²) in [5.41, 5.74) is 16.2. The maximum Gasteiger partial charge on any atom is 0.181 e. The zero-order chi connectivity index (χ0) is 40.0. The van der Waals surface area contributed by atoms with E-state index >= 15 is 0 Å². The van der Waals surface area contributed by atoms with Crippen LogP contribution in [0.4, 0.5) is 0 Å².